The second-order valence-corrected chi connectivity index (χ2v) is 31.0. The Labute approximate surface area is 587 Å². The van der Waals surface area contributed by atoms with Gasteiger partial charge >= 0.3 is 6.18 Å². The molecule has 530 valence electrons. The molecule has 12 rings (SSSR count). The summed E-state index contributed by atoms with van der Waals surface area (Å²) in [6, 6.07) is 51.6. The number of carbonyl (C=O) groups excluding carboxylic acids is 2. The Hall–Kier alpha value is -7.50. The number of piperidine rings is 1. The summed E-state index contributed by atoms with van der Waals surface area (Å²) in [7, 11) is -0.863. The number of hydrogen-bond donors (Lipinski definition) is 2. The number of rotatable bonds is 17. The van der Waals surface area contributed by atoms with E-state index in [9.17, 15) is 44.7 Å². The maximum absolute atomic E-state index is 13.9. The van der Waals surface area contributed by atoms with E-state index in [4.69, 9.17) is 21.1 Å². The van der Waals surface area contributed by atoms with Gasteiger partial charge in [0.25, 0.3) is 21.8 Å². The normalized spacial score (nSPS) is 20.3. The van der Waals surface area contributed by atoms with Gasteiger partial charge in [-0.3, -0.25) is 18.8 Å². The number of nitrogens with one attached hydrogen (secondary N) is 1. The van der Waals surface area contributed by atoms with Crippen molar-refractivity contribution in [2.75, 3.05) is 83.3 Å². The standard InChI is InChI=1S/C30H36N2O4S.C25H33N3O4S.C22H24ClF3N2O/c1-36-27-15-17-28(18-16-27)37(34,35)32(25-12-6-3-7-13-25)26-19-22-31(23-20-26)29-14-8-9-21-30(29,33)24-10-4-2-5-11-24;1-19-8-10-20(11-9-19)27-14-16-28(17-15-27)25(29)23-18-22(33(30,31)26(2)3)12-13-24(23)32-21-6-4-5-7-21;1-28-14-7-3-6-13-18(28)20(15-9-4-2-5-10-15)27-21(29)16-11-8-12-17(19(16)23)22(24,25)26/h2-7,10-13,15-18,26,29,33H,8-9,14,19-23H2,1H3;8-13,18,21H,4-7,14-17H2,1-3H3;2,4-5,8-12,18,20H,3,6-7,13-14H2,1H3,(H,27,29)/t;;18-,20-/m..1/s1. The lowest BCUT2D eigenvalue weighted by Crippen LogP contribution is -2.57. The van der Waals surface area contributed by atoms with Gasteiger partial charge < -0.3 is 34.6 Å². The van der Waals surface area contributed by atoms with Gasteiger partial charge in [-0.2, -0.15) is 13.2 Å². The molecule has 0 aromatic heterocycles. The Morgan fingerprint density at radius 3 is 1.88 bits per heavy atom. The third-order valence-corrected chi connectivity index (χ3v) is 24.1. The van der Waals surface area contributed by atoms with Gasteiger partial charge in [0.1, 0.15) is 17.1 Å². The van der Waals surface area contributed by atoms with Gasteiger partial charge in [-0.25, -0.2) is 21.1 Å². The summed E-state index contributed by atoms with van der Waals surface area (Å²) in [5.41, 5.74) is 3.22. The lowest BCUT2D eigenvalue weighted by atomic mass is 9.74. The number of sulfonamides is 2. The zero-order valence-corrected chi connectivity index (χ0v) is 59.6. The molecule has 2 saturated carbocycles. The molecule has 0 bridgehead atoms. The molecule has 5 aliphatic rings. The molecule has 4 atom stereocenters. The number of carbonyl (C=O) groups is 2. The summed E-state index contributed by atoms with van der Waals surface area (Å²) >= 11 is 5.97. The fraction of sp³-hybridized carbons (Fsp3) is 0.429. The number of aliphatic hydroxyl groups is 1. The number of likely N-dealkylation sites (tertiary alicyclic amines) is 2. The summed E-state index contributed by atoms with van der Waals surface area (Å²) < 4.78 is 107. The molecule has 7 aromatic rings. The minimum absolute atomic E-state index is 0.0352. The van der Waals surface area contributed by atoms with Gasteiger partial charge in [-0.05, 0) is 175 Å². The largest absolute Gasteiger partial charge is 0.497 e. The van der Waals surface area contributed by atoms with Crippen molar-refractivity contribution in [1.29, 1.82) is 0 Å². The molecule has 0 radical (unpaired) electrons. The molecule has 2 N–H and O–H groups in total. The van der Waals surface area contributed by atoms with Crippen molar-refractivity contribution in [3.05, 3.63) is 214 Å². The quantitative estimate of drug-likeness (QED) is 0.0885. The number of aryl methyl sites for hydroxylation is 1. The third-order valence-electron chi connectivity index (χ3n) is 20.0. The highest BCUT2D eigenvalue weighted by Gasteiger charge is 2.46. The highest BCUT2D eigenvalue weighted by Crippen LogP contribution is 2.43. The minimum Gasteiger partial charge on any atom is -0.497 e. The first kappa shape index (κ1) is 74.2. The maximum atomic E-state index is 13.9. The molecule has 2 unspecified atom stereocenters. The third kappa shape index (κ3) is 18.0. The van der Waals surface area contributed by atoms with Crippen LogP contribution in [0.1, 0.15) is 139 Å². The molecule has 5 fully saturated rings. The summed E-state index contributed by atoms with van der Waals surface area (Å²) in [5, 5.41) is 14.3. The summed E-state index contributed by atoms with van der Waals surface area (Å²) in [6.45, 7) is 7.05. The number of methoxy groups -OCH3 is 1. The van der Waals surface area contributed by atoms with Crippen LogP contribution in [0.25, 0.3) is 0 Å². The van der Waals surface area contributed by atoms with Gasteiger partial charge in [-0.15, -0.1) is 0 Å². The van der Waals surface area contributed by atoms with Crippen molar-refractivity contribution >= 4 is 54.8 Å². The monoisotopic (exact) mass is 1420 g/mol. The number of alkyl halides is 3. The zero-order chi connectivity index (χ0) is 70.5. The minimum atomic E-state index is -4.62. The first-order valence-electron chi connectivity index (χ1n) is 34.5. The highest BCUT2D eigenvalue weighted by atomic mass is 35.5. The number of nitrogens with zero attached hydrogens (tertiary/aromatic N) is 6. The van der Waals surface area contributed by atoms with E-state index in [0.717, 1.165) is 137 Å². The molecule has 16 nitrogen and oxygen atoms in total. The van der Waals surface area contributed by atoms with Crippen LogP contribution in [-0.2, 0) is 31.8 Å². The van der Waals surface area contributed by atoms with Gasteiger partial charge in [0, 0.05) is 77.2 Å². The van der Waals surface area contributed by atoms with Crippen LogP contribution < -0.4 is 24.0 Å². The summed E-state index contributed by atoms with van der Waals surface area (Å²) in [4.78, 5) is 35.6. The van der Waals surface area contributed by atoms with Crippen molar-refractivity contribution in [3.8, 4) is 11.5 Å². The molecule has 3 heterocycles. The van der Waals surface area contributed by atoms with E-state index in [1.165, 1.54) is 43.9 Å². The van der Waals surface area contributed by atoms with Gasteiger partial charge in [0.2, 0.25) is 10.0 Å². The number of benzene rings is 7. The second-order valence-electron chi connectivity index (χ2n) is 26.6. The number of likely N-dealkylation sites (N-methyl/N-ethyl adjacent to an activating group) is 1. The lowest BCUT2D eigenvalue weighted by Gasteiger charge is -2.49. The van der Waals surface area contributed by atoms with Crippen LogP contribution in [-0.4, -0.2) is 151 Å². The van der Waals surface area contributed by atoms with Crippen molar-refractivity contribution < 1.29 is 54.2 Å². The van der Waals surface area contributed by atoms with Gasteiger partial charge in [0.05, 0.1) is 56.4 Å². The number of amides is 2. The Kier molecular flexibility index (Phi) is 25.0. The number of anilines is 2. The van der Waals surface area contributed by atoms with E-state index >= 15 is 0 Å². The first-order valence-corrected chi connectivity index (χ1v) is 37.7. The SMILES string of the molecule is CN1CCCCC[C@@H]1[C@H](NC(=O)c1cccc(C(F)(F)F)c1Cl)c1ccccc1.COc1ccc(S(=O)(=O)N(c2ccccc2)C2CCN(C3CCCCC3(O)c3ccccc3)CC2)cc1.Cc1ccc(N2CCN(C(=O)c3cc(S(=O)(=O)N(C)C)ccc3OC3CCCC3)CC2)cc1. The van der Waals surface area contributed by atoms with Crippen LogP contribution >= 0.6 is 11.6 Å². The Bertz CT molecular complexity index is 4010. The summed E-state index contributed by atoms with van der Waals surface area (Å²) in [6.07, 6.45) is 8.96. The molecule has 3 saturated heterocycles. The molecule has 7 aromatic carbocycles. The first-order chi connectivity index (χ1) is 47.5. The van der Waals surface area contributed by atoms with Crippen molar-refractivity contribution in [1.82, 2.24) is 24.3 Å². The Balaban J connectivity index is 0.000000162. The fourth-order valence-corrected chi connectivity index (χ4v) is 17.4. The zero-order valence-electron chi connectivity index (χ0n) is 57.2. The molecular formula is C77H93ClF3N7O9S2. The molecule has 99 heavy (non-hydrogen) atoms. The van der Waals surface area contributed by atoms with Crippen LogP contribution in [0.4, 0.5) is 24.5 Å². The second kappa shape index (κ2) is 33.3. The Morgan fingerprint density at radius 2 is 1.25 bits per heavy atom. The van der Waals surface area contributed by atoms with E-state index in [0.29, 0.717) is 48.7 Å². The lowest BCUT2D eigenvalue weighted by molar-refractivity contribution is -0.137. The molecule has 22 heteroatoms. The van der Waals surface area contributed by atoms with Crippen molar-refractivity contribution in [2.45, 2.75) is 149 Å². The number of hydrogen-bond acceptors (Lipinski definition) is 12. The predicted octanol–water partition coefficient (Wildman–Crippen LogP) is 14.4. The topological polar surface area (TPSA) is 173 Å². The molecule has 2 aliphatic carbocycles. The van der Waals surface area contributed by atoms with E-state index in [1.54, 1.807) is 46.6 Å². The number of piperazine rings is 1. The molecule has 0 spiro atoms. The molecular weight excluding hydrogens is 1320 g/mol. The van der Waals surface area contributed by atoms with E-state index < -0.39 is 48.3 Å². The van der Waals surface area contributed by atoms with Crippen molar-refractivity contribution in [3.63, 3.8) is 0 Å². The van der Waals surface area contributed by atoms with Crippen LogP contribution in [0.15, 0.2) is 186 Å². The maximum Gasteiger partial charge on any atom is 0.417 e. The van der Waals surface area contributed by atoms with Crippen LogP contribution in [0.5, 0.6) is 11.5 Å². The van der Waals surface area contributed by atoms with Gasteiger partial charge in [0.15, 0.2) is 0 Å². The van der Waals surface area contributed by atoms with E-state index in [1.807, 2.05) is 98.0 Å². The average Bonchev–Trinajstić information content (AvgIpc) is 1.38. The smallest absolute Gasteiger partial charge is 0.417 e. The summed E-state index contributed by atoms with van der Waals surface area (Å²) in [5.74, 6) is 0.317. The number of para-hydroxylation sites is 1. The fourth-order valence-electron chi connectivity index (χ4n) is 14.4. The predicted molar refractivity (Wildman–Crippen MR) is 384 cm³/mol. The van der Waals surface area contributed by atoms with Gasteiger partial charge in [-0.1, -0.05) is 140 Å². The molecule has 2 amide bonds. The van der Waals surface area contributed by atoms with Crippen LogP contribution in [0, 0.1) is 6.92 Å². The molecule has 3 aliphatic heterocycles. The number of halogens is 4. The average molecular weight is 1420 g/mol. The van der Waals surface area contributed by atoms with E-state index in [2.05, 4.69) is 51.2 Å². The van der Waals surface area contributed by atoms with Crippen molar-refractivity contribution in [2.24, 2.45) is 0 Å². The Morgan fingerprint density at radius 1 is 0.646 bits per heavy atom. The number of ether oxygens (including phenoxy) is 2. The van der Waals surface area contributed by atoms with E-state index in [-0.39, 0.29) is 51.5 Å². The van der Waals surface area contributed by atoms with Crippen LogP contribution in [0.2, 0.25) is 5.02 Å². The van der Waals surface area contributed by atoms with Crippen LogP contribution in [0.3, 0.4) is 0 Å². The highest BCUT2D eigenvalue weighted by molar-refractivity contribution is 7.92.